The average molecular weight is 495 g/mol. The number of hydrogen-bond acceptors (Lipinski definition) is 3. The van der Waals surface area contributed by atoms with Crippen LogP contribution in [-0.2, 0) is 0 Å². The van der Waals surface area contributed by atoms with Crippen LogP contribution in [0.3, 0.4) is 0 Å². The Morgan fingerprint density at radius 3 is 2.18 bits per heavy atom. The molecular formula is C18H9Cl5N2O2S. The van der Waals surface area contributed by atoms with Crippen molar-refractivity contribution in [2.45, 2.75) is 0 Å². The van der Waals surface area contributed by atoms with Crippen molar-refractivity contribution in [1.82, 2.24) is 5.32 Å². The molecule has 28 heavy (non-hydrogen) atoms. The largest absolute Gasteiger partial charge is 0.451 e. The van der Waals surface area contributed by atoms with Gasteiger partial charge in [-0.2, -0.15) is 0 Å². The van der Waals surface area contributed by atoms with Crippen LogP contribution in [0.1, 0.15) is 10.6 Å². The molecule has 1 amide bonds. The molecule has 0 radical (unpaired) electrons. The van der Waals surface area contributed by atoms with E-state index in [9.17, 15) is 4.79 Å². The summed E-state index contributed by atoms with van der Waals surface area (Å²) in [4.78, 5) is 12.4. The summed E-state index contributed by atoms with van der Waals surface area (Å²) in [5.74, 6) is -0.0464. The number of hydrogen-bond donors (Lipinski definition) is 2. The van der Waals surface area contributed by atoms with Gasteiger partial charge < -0.3 is 9.73 Å². The Bertz CT molecular complexity index is 1060. The summed E-state index contributed by atoms with van der Waals surface area (Å²) in [6.07, 6.45) is 0. The smallest absolute Gasteiger partial charge is 0.293 e. The topological polar surface area (TPSA) is 54.3 Å². The summed E-state index contributed by atoms with van der Waals surface area (Å²) in [6.45, 7) is 0. The third kappa shape index (κ3) is 4.92. The number of rotatable bonds is 3. The lowest BCUT2D eigenvalue weighted by Gasteiger charge is -2.12. The normalized spacial score (nSPS) is 10.6. The lowest BCUT2D eigenvalue weighted by Crippen LogP contribution is -2.34. The standard InChI is InChI=1S/C18H9Cl5N2O2S/c19-9-6-12(22)16(13(23)7-9)24-18(28)25-17(26)15-4-3-14(27-15)8-1-2-10(20)11(21)5-8/h1-7H,(H2,24,25,26,28). The molecule has 4 nitrogen and oxygen atoms in total. The Morgan fingerprint density at radius 1 is 0.857 bits per heavy atom. The summed E-state index contributed by atoms with van der Waals surface area (Å²) >= 11 is 35.1. The molecule has 2 N–H and O–H groups in total. The maximum atomic E-state index is 12.4. The van der Waals surface area contributed by atoms with E-state index in [1.807, 2.05) is 0 Å². The number of thiocarbonyl (C=S) groups is 1. The van der Waals surface area contributed by atoms with Gasteiger partial charge in [0.2, 0.25) is 0 Å². The van der Waals surface area contributed by atoms with Crippen LogP contribution in [0, 0.1) is 0 Å². The Morgan fingerprint density at radius 2 is 1.54 bits per heavy atom. The Balaban J connectivity index is 1.71. The number of nitrogens with one attached hydrogen (secondary N) is 2. The van der Waals surface area contributed by atoms with Gasteiger partial charge in [-0.1, -0.05) is 58.0 Å². The minimum Gasteiger partial charge on any atom is -0.451 e. The highest BCUT2D eigenvalue weighted by atomic mass is 35.5. The van der Waals surface area contributed by atoms with Gasteiger partial charge in [-0.3, -0.25) is 10.1 Å². The van der Waals surface area contributed by atoms with Gasteiger partial charge in [-0.25, -0.2) is 0 Å². The van der Waals surface area contributed by atoms with Gasteiger partial charge in [0.25, 0.3) is 5.91 Å². The van der Waals surface area contributed by atoms with Crippen LogP contribution in [0.15, 0.2) is 46.9 Å². The monoisotopic (exact) mass is 492 g/mol. The van der Waals surface area contributed by atoms with E-state index < -0.39 is 5.91 Å². The maximum absolute atomic E-state index is 12.4. The molecule has 1 aromatic heterocycles. The molecule has 0 spiro atoms. The minimum atomic E-state index is -0.551. The van der Waals surface area contributed by atoms with Gasteiger partial charge in [-0.15, -0.1) is 0 Å². The van der Waals surface area contributed by atoms with Gasteiger partial charge in [0, 0.05) is 10.6 Å². The second-order valence-electron chi connectivity index (χ2n) is 5.45. The molecule has 0 saturated heterocycles. The highest BCUT2D eigenvalue weighted by molar-refractivity contribution is 7.80. The molecule has 0 unspecified atom stereocenters. The minimum absolute atomic E-state index is 0.0105. The van der Waals surface area contributed by atoms with Crippen LogP contribution in [0.4, 0.5) is 5.69 Å². The Kier molecular flexibility index (Phi) is 6.76. The van der Waals surface area contributed by atoms with Crippen LogP contribution in [0.25, 0.3) is 11.3 Å². The van der Waals surface area contributed by atoms with E-state index in [0.29, 0.717) is 32.1 Å². The van der Waals surface area contributed by atoms with E-state index in [1.165, 1.54) is 18.2 Å². The summed E-state index contributed by atoms with van der Waals surface area (Å²) < 4.78 is 5.57. The number of amides is 1. The van der Waals surface area contributed by atoms with E-state index in [0.717, 1.165) is 0 Å². The van der Waals surface area contributed by atoms with Gasteiger partial charge in [0.15, 0.2) is 10.9 Å². The lowest BCUT2D eigenvalue weighted by molar-refractivity contribution is 0.0951. The van der Waals surface area contributed by atoms with Gasteiger partial charge >= 0.3 is 0 Å². The second kappa shape index (κ2) is 8.91. The first-order valence-electron chi connectivity index (χ1n) is 7.56. The molecule has 2 aromatic carbocycles. The van der Waals surface area contributed by atoms with E-state index in [-0.39, 0.29) is 20.9 Å². The molecule has 0 aliphatic rings. The van der Waals surface area contributed by atoms with Crippen LogP contribution < -0.4 is 10.6 Å². The van der Waals surface area contributed by atoms with Crippen molar-refractivity contribution in [3.8, 4) is 11.3 Å². The zero-order valence-corrected chi connectivity index (χ0v) is 18.3. The fourth-order valence-electron chi connectivity index (χ4n) is 2.24. The third-order valence-electron chi connectivity index (χ3n) is 3.51. The second-order valence-corrected chi connectivity index (χ2v) is 7.92. The number of benzene rings is 2. The van der Waals surface area contributed by atoms with E-state index in [2.05, 4.69) is 10.6 Å². The van der Waals surface area contributed by atoms with Crippen molar-refractivity contribution in [3.63, 3.8) is 0 Å². The van der Waals surface area contributed by atoms with Crippen LogP contribution in [-0.4, -0.2) is 11.0 Å². The van der Waals surface area contributed by atoms with E-state index in [1.54, 1.807) is 24.3 Å². The average Bonchev–Trinajstić information content (AvgIpc) is 3.10. The van der Waals surface area contributed by atoms with Crippen LogP contribution in [0.2, 0.25) is 25.1 Å². The predicted molar refractivity (Wildman–Crippen MR) is 119 cm³/mol. The number of carbonyl (C=O) groups is 1. The first-order chi connectivity index (χ1) is 13.2. The fraction of sp³-hybridized carbons (Fsp3) is 0. The van der Waals surface area contributed by atoms with E-state index >= 15 is 0 Å². The molecule has 0 atom stereocenters. The summed E-state index contributed by atoms with van der Waals surface area (Å²) in [6, 6.07) is 11.2. The molecule has 0 aliphatic carbocycles. The Hall–Kier alpha value is -1.47. The Labute approximate surface area is 190 Å². The molecule has 3 rings (SSSR count). The summed E-state index contributed by atoms with van der Waals surface area (Å²) in [7, 11) is 0. The molecule has 10 heteroatoms. The number of anilines is 1. The van der Waals surface area contributed by atoms with Crippen LogP contribution >= 0.6 is 70.2 Å². The molecule has 1 heterocycles. The highest BCUT2D eigenvalue weighted by Crippen LogP contribution is 2.33. The van der Waals surface area contributed by atoms with Crippen molar-refractivity contribution < 1.29 is 9.21 Å². The molecule has 0 fully saturated rings. The fourth-order valence-corrected chi connectivity index (χ4v) is 3.64. The summed E-state index contributed by atoms with van der Waals surface area (Å²) in [5, 5.41) is 6.93. The molecule has 0 aliphatic heterocycles. The molecule has 0 bridgehead atoms. The van der Waals surface area contributed by atoms with Crippen molar-refractivity contribution in [3.05, 3.63) is 73.3 Å². The van der Waals surface area contributed by atoms with Gasteiger partial charge in [0.1, 0.15) is 5.76 Å². The first kappa shape index (κ1) is 21.2. The zero-order chi connectivity index (χ0) is 20.4. The highest BCUT2D eigenvalue weighted by Gasteiger charge is 2.16. The predicted octanol–water partition coefficient (Wildman–Crippen LogP) is 7.34. The quantitative estimate of drug-likeness (QED) is 0.374. The van der Waals surface area contributed by atoms with Crippen molar-refractivity contribution in [1.29, 1.82) is 0 Å². The van der Waals surface area contributed by atoms with Gasteiger partial charge in [-0.05, 0) is 54.7 Å². The number of halogens is 5. The van der Waals surface area contributed by atoms with Crippen molar-refractivity contribution in [2.75, 3.05) is 5.32 Å². The molecule has 144 valence electrons. The lowest BCUT2D eigenvalue weighted by atomic mass is 10.2. The van der Waals surface area contributed by atoms with Gasteiger partial charge in [0.05, 0.1) is 25.8 Å². The maximum Gasteiger partial charge on any atom is 0.293 e. The SMILES string of the molecule is O=C(NC(=S)Nc1c(Cl)cc(Cl)cc1Cl)c1ccc(-c2ccc(Cl)c(Cl)c2)o1. The summed E-state index contributed by atoms with van der Waals surface area (Å²) in [5.41, 5.74) is 1.00. The number of furan rings is 1. The molecular weight excluding hydrogens is 486 g/mol. The first-order valence-corrected chi connectivity index (χ1v) is 9.86. The van der Waals surface area contributed by atoms with Crippen LogP contribution in [0.5, 0.6) is 0 Å². The molecule has 0 saturated carbocycles. The van der Waals surface area contributed by atoms with Crippen molar-refractivity contribution >= 4 is 86.9 Å². The van der Waals surface area contributed by atoms with Crippen molar-refractivity contribution in [2.24, 2.45) is 0 Å². The zero-order valence-electron chi connectivity index (χ0n) is 13.7. The molecule has 3 aromatic rings. The number of carbonyl (C=O) groups excluding carboxylic acids is 1. The third-order valence-corrected chi connectivity index (χ3v) is 5.26. The van der Waals surface area contributed by atoms with E-state index in [4.69, 9.17) is 74.6 Å².